The average molecular weight is 269 g/mol. The molecule has 0 radical (unpaired) electrons. The summed E-state index contributed by atoms with van der Waals surface area (Å²) in [6.07, 6.45) is 1.01. The molecule has 0 spiro atoms. The SMILES string of the molecule is CCCNCc1snnc1-c1cc(F)ccc1F. The van der Waals surface area contributed by atoms with Gasteiger partial charge in [-0.05, 0) is 42.7 Å². The summed E-state index contributed by atoms with van der Waals surface area (Å²) in [6.45, 7) is 3.49. The number of benzene rings is 1. The minimum atomic E-state index is -0.485. The lowest BCUT2D eigenvalue weighted by Gasteiger charge is -2.04. The van der Waals surface area contributed by atoms with E-state index in [1.54, 1.807) is 0 Å². The van der Waals surface area contributed by atoms with Crippen molar-refractivity contribution < 1.29 is 8.78 Å². The Labute approximate surface area is 108 Å². The molecule has 0 saturated heterocycles. The zero-order chi connectivity index (χ0) is 13.0. The largest absolute Gasteiger partial charge is 0.312 e. The lowest BCUT2D eigenvalue weighted by Crippen LogP contribution is -2.13. The van der Waals surface area contributed by atoms with Gasteiger partial charge < -0.3 is 5.32 Å². The first-order chi connectivity index (χ1) is 8.72. The van der Waals surface area contributed by atoms with E-state index in [-0.39, 0.29) is 5.56 Å². The Kier molecular flexibility index (Phi) is 4.33. The van der Waals surface area contributed by atoms with E-state index < -0.39 is 11.6 Å². The molecule has 3 nitrogen and oxygen atoms in total. The van der Waals surface area contributed by atoms with Crippen LogP contribution in [0.2, 0.25) is 0 Å². The Hall–Kier alpha value is -1.40. The number of halogens is 2. The van der Waals surface area contributed by atoms with E-state index in [2.05, 4.69) is 21.8 Å². The highest BCUT2D eigenvalue weighted by atomic mass is 32.1. The van der Waals surface area contributed by atoms with Gasteiger partial charge >= 0.3 is 0 Å². The zero-order valence-corrected chi connectivity index (χ0v) is 10.7. The molecule has 1 heterocycles. The number of nitrogens with zero attached hydrogens (tertiary/aromatic N) is 2. The minimum Gasteiger partial charge on any atom is -0.312 e. The third-order valence-electron chi connectivity index (χ3n) is 2.45. The van der Waals surface area contributed by atoms with Crippen molar-refractivity contribution in [3.8, 4) is 11.3 Å². The van der Waals surface area contributed by atoms with Crippen molar-refractivity contribution >= 4 is 11.5 Å². The molecule has 1 aromatic carbocycles. The Morgan fingerprint density at radius 3 is 2.94 bits per heavy atom. The number of nitrogens with one attached hydrogen (secondary N) is 1. The van der Waals surface area contributed by atoms with E-state index >= 15 is 0 Å². The van der Waals surface area contributed by atoms with Crippen LogP contribution in [0.1, 0.15) is 18.2 Å². The molecule has 0 amide bonds. The van der Waals surface area contributed by atoms with Gasteiger partial charge in [-0.3, -0.25) is 0 Å². The smallest absolute Gasteiger partial charge is 0.132 e. The standard InChI is InChI=1S/C12H13F2N3S/c1-2-5-15-7-11-12(16-17-18-11)9-6-8(13)3-4-10(9)14/h3-4,6,15H,2,5,7H2,1H3. The fourth-order valence-electron chi connectivity index (χ4n) is 1.59. The van der Waals surface area contributed by atoms with Crippen molar-refractivity contribution in [2.24, 2.45) is 0 Å². The highest BCUT2D eigenvalue weighted by Crippen LogP contribution is 2.26. The summed E-state index contributed by atoms with van der Waals surface area (Å²) in [5, 5.41) is 7.08. The van der Waals surface area contributed by atoms with Crippen LogP contribution in [0, 0.1) is 11.6 Å². The summed E-state index contributed by atoms with van der Waals surface area (Å²) in [4.78, 5) is 0.813. The molecule has 0 unspecified atom stereocenters. The van der Waals surface area contributed by atoms with Gasteiger partial charge in [-0.15, -0.1) is 5.10 Å². The molecule has 0 atom stereocenters. The maximum absolute atomic E-state index is 13.7. The number of hydrogen-bond acceptors (Lipinski definition) is 4. The van der Waals surface area contributed by atoms with Gasteiger partial charge in [0.1, 0.15) is 17.3 Å². The first-order valence-electron chi connectivity index (χ1n) is 5.69. The van der Waals surface area contributed by atoms with Gasteiger partial charge in [-0.1, -0.05) is 11.4 Å². The van der Waals surface area contributed by atoms with Crippen LogP contribution in [0.25, 0.3) is 11.3 Å². The van der Waals surface area contributed by atoms with Gasteiger partial charge in [0.2, 0.25) is 0 Å². The Balaban J connectivity index is 2.27. The molecule has 0 saturated carbocycles. The van der Waals surface area contributed by atoms with Gasteiger partial charge in [-0.25, -0.2) is 8.78 Å². The van der Waals surface area contributed by atoms with Crippen molar-refractivity contribution in [1.29, 1.82) is 0 Å². The normalized spacial score (nSPS) is 10.8. The van der Waals surface area contributed by atoms with Crippen LogP contribution in [-0.4, -0.2) is 16.1 Å². The van der Waals surface area contributed by atoms with Gasteiger partial charge in [0.25, 0.3) is 0 Å². The quantitative estimate of drug-likeness (QED) is 0.848. The maximum atomic E-state index is 13.7. The Morgan fingerprint density at radius 1 is 1.33 bits per heavy atom. The molecule has 1 N–H and O–H groups in total. The van der Waals surface area contributed by atoms with Gasteiger partial charge in [0, 0.05) is 12.1 Å². The summed E-state index contributed by atoms with van der Waals surface area (Å²) in [6, 6.07) is 3.34. The molecule has 2 aromatic rings. The monoisotopic (exact) mass is 269 g/mol. The van der Waals surface area contributed by atoms with E-state index in [1.807, 2.05) is 0 Å². The Morgan fingerprint density at radius 2 is 2.17 bits per heavy atom. The number of rotatable bonds is 5. The predicted octanol–water partition coefficient (Wildman–Crippen LogP) is 2.98. The molecule has 96 valence electrons. The van der Waals surface area contributed by atoms with Crippen molar-refractivity contribution in [2.75, 3.05) is 6.54 Å². The maximum Gasteiger partial charge on any atom is 0.132 e. The molecule has 6 heteroatoms. The van der Waals surface area contributed by atoms with E-state index in [4.69, 9.17) is 0 Å². The number of aromatic nitrogens is 2. The second-order valence-electron chi connectivity index (χ2n) is 3.85. The molecular formula is C12H13F2N3S. The van der Waals surface area contributed by atoms with Crippen molar-refractivity contribution in [2.45, 2.75) is 19.9 Å². The van der Waals surface area contributed by atoms with Crippen LogP contribution >= 0.6 is 11.5 Å². The molecule has 0 aliphatic rings. The topological polar surface area (TPSA) is 37.8 Å². The summed E-state index contributed by atoms with van der Waals surface area (Å²) < 4.78 is 30.6. The molecule has 0 fully saturated rings. The zero-order valence-electron chi connectivity index (χ0n) is 9.91. The molecule has 18 heavy (non-hydrogen) atoms. The van der Waals surface area contributed by atoms with Crippen molar-refractivity contribution in [3.63, 3.8) is 0 Å². The predicted molar refractivity (Wildman–Crippen MR) is 67.3 cm³/mol. The van der Waals surface area contributed by atoms with E-state index in [0.717, 1.165) is 36.0 Å². The van der Waals surface area contributed by atoms with Crippen LogP contribution < -0.4 is 5.32 Å². The first kappa shape index (κ1) is 13.0. The fraction of sp³-hybridized carbons (Fsp3) is 0.333. The van der Waals surface area contributed by atoms with E-state index in [1.165, 1.54) is 11.5 Å². The first-order valence-corrected chi connectivity index (χ1v) is 6.47. The highest BCUT2D eigenvalue weighted by Gasteiger charge is 2.14. The second-order valence-corrected chi connectivity index (χ2v) is 4.68. The average Bonchev–Trinajstić information content (AvgIpc) is 2.81. The van der Waals surface area contributed by atoms with Gasteiger partial charge in [-0.2, -0.15) is 0 Å². The lowest BCUT2D eigenvalue weighted by atomic mass is 10.1. The third kappa shape index (κ3) is 2.88. The third-order valence-corrected chi connectivity index (χ3v) is 3.17. The highest BCUT2D eigenvalue weighted by molar-refractivity contribution is 7.05. The van der Waals surface area contributed by atoms with E-state index in [9.17, 15) is 8.78 Å². The molecule has 0 aliphatic carbocycles. The van der Waals surface area contributed by atoms with Crippen LogP contribution in [0.4, 0.5) is 8.78 Å². The summed E-state index contributed by atoms with van der Waals surface area (Å²) in [5.74, 6) is -0.965. The van der Waals surface area contributed by atoms with Crippen LogP contribution in [0.3, 0.4) is 0 Å². The molecule has 0 bridgehead atoms. The van der Waals surface area contributed by atoms with Crippen molar-refractivity contribution in [1.82, 2.24) is 14.9 Å². The second kappa shape index (κ2) is 5.97. The molecule has 1 aromatic heterocycles. The minimum absolute atomic E-state index is 0.164. The summed E-state index contributed by atoms with van der Waals surface area (Å²) in [7, 11) is 0. The van der Waals surface area contributed by atoms with Crippen molar-refractivity contribution in [3.05, 3.63) is 34.7 Å². The fourth-order valence-corrected chi connectivity index (χ4v) is 2.21. The van der Waals surface area contributed by atoms with Crippen LogP contribution in [-0.2, 0) is 6.54 Å². The number of hydrogen-bond donors (Lipinski definition) is 1. The molecule has 2 rings (SSSR count). The van der Waals surface area contributed by atoms with Crippen LogP contribution in [0.15, 0.2) is 18.2 Å². The van der Waals surface area contributed by atoms with Gasteiger partial charge in [0.05, 0.1) is 4.88 Å². The van der Waals surface area contributed by atoms with Gasteiger partial charge in [0.15, 0.2) is 0 Å². The summed E-state index contributed by atoms with van der Waals surface area (Å²) >= 11 is 1.20. The molecule has 0 aliphatic heterocycles. The Bertz CT molecular complexity index is 528. The van der Waals surface area contributed by atoms with Crippen LogP contribution in [0.5, 0.6) is 0 Å². The lowest BCUT2D eigenvalue weighted by molar-refractivity contribution is 0.602. The summed E-state index contributed by atoms with van der Waals surface area (Å²) in [5.41, 5.74) is 0.581. The molecular weight excluding hydrogens is 256 g/mol. The van der Waals surface area contributed by atoms with E-state index in [0.29, 0.717) is 12.2 Å².